The van der Waals surface area contributed by atoms with Crippen molar-refractivity contribution in [3.63, 3.8) is 0 Å². The molecule has 1 N–H and O–H groups in total. The molecule has 3 rings (SSSR count). The third-order valence-corrected chi connectivity index (χ3v) is 3.59. The van der Waals surface area contributed by atoms with E-state index in [-0.39, 0.29) is 0 Å². The molecule has 0 unspecified atom stereocenters. The standard InChI is InChI=1S/C13H14N4S/c18-13(17-6-1-2-7-17)16-12-5-3-4-10-8-14-15-9-11(10)12/h3-5,8-9H,1-2,6-7H2,(H,16,18). The third-order valence-electron chi connectivity index (χ3n) is 3.23. The fourth-order valence-corrected chi connectivity index (χ4v) is 2.54. The summed E-state index contributed by atoms with van der Waals surface area (Å²) in [4.78, 5) is 2.21. The van der Waals surface area contributed by atoms with E-state index in [9.17, 15) is 0 Å². The molecule has 2 heterocycles. The van der Waals surface area contributed by atoms with Gasteiger partial charge in [-0.3, -0.25) is 0 Å². The highest BCUT2D eigenvalue weighted by molar-refractivity contribution is 7.80. The van der Waals surface area contributed by atoms with Crippen molar-refractivity contribution >= 4 is 33.8 Å². The summed E-state index contributed by atoms with van der Waals surface area (Å²) in [5.41, 5.74) is 0.999. The van der Waals surface area contributed by atoms with Gasteiger partial charge in [-0.05, 0) is 31.1 Å². The summed E-state index contributed by atoms with van der Waals surface area (Å²) >= 11 is 5.44. The molecule has 92 valence electrons. The summed E-state index contributed by atoms with van der Waals surface area (Å²) in [5.74, 6) is 0. The molecule has 1 saturated heterocycles. The highest BCUT2D eigenvalue weighted by Gasteiger charge is 2.15. The van der Waals surface area contributed by atoms with Crippen LogP contribution in [0, 0.1) is 0 Å². The first-order valence-electron chi connectivity index (χ1n) is 6.10. The van der Waals surface area contributed by atoms with Gasteiger partial charge < -0.3 is 10.2 Å². The molecule has 5 heteroatoms. The van der Waals surface area contributed by atoms with Crippen molar-refractivity contribution in [1.82, 2.24) is 15.1 Å². The Labute approximate surface area is 111 Å². The van der Waals surface area contributed by atoms with Crippen LogP contribution in [-0.4, -0.2) is 33.3 Å². The van der Waals surface area contributed by atoms with E-state index >= 15 is 0 Å². The molecular weight excluding hydrogens is 244 g/mol. The highest BCUT2D eigenvalue weighted by atomic mass is 32.1. The fourth-order valence-electron chi connectivity index (χ4n) is 2.25. The number of hydrogen-bond donors (Lipinski definition) is 1. The number of anilines is 1. The lowest BCUT2D eigenvalue weighted by molar-refractivity contribution is 0.528. The second kappa shape index (κ2) is 4.86. The summed E-state index contributed by atoms with van der Waals surface area (Å²) in [5, 5.41) is 14.1. The van der Waals surface area contributed by atoms with Crippen molar-refractivity contribution < 1.29 is 0 Å². The summed E-state index contributed by atoms with van der Waals surface area (Å²) in [6, 6.07) is 6.04. The Morgan fingerprint density at radius 2 is 1.94 bits per heavy atom. The largest absolute Gasteiger partial charge is 0.349 e. The van der Waals surface area contributed by atoms with Crippen molar-refractivity contribution in [3.05, 3.63) is 30.6 Å². The molecule has 18 heavy (non-hydrogen) atoms. The Kier molecular flexibility index (Phi) is 3.06. The number of rotatable bonds is 1. The minimum atomic E-state index is 0.803. The number of likely N-dealkylation sites (tertiary alicyclic amines) is 1. The molecule has 0 bridgehead atoms. The van der Waals surface area contributed by atoms with E-state index in [1.165, 1.54) is 12.8 Å². The van der Waals surface area contributed by atoms with Gasteiger partial charge in [-0.25, -0.2) is 0 Å². The van der Waals surface area contributed by atoms with Crippen molar-refractivity contribution in [1.29, 1.82) is 0 Å². The zero-order valence-corrected chi connectivity index (χ0v) is 10.8. The van der Waals surface area contributed by atoms with E-state index in [4.69, 9.17) is 12.2 Å². The minimum absolute atomic E-state index is 0.803. The molecule has 0 saturated carbocycles. The van der Waals surface area contributed by atoms with Gasteiger partial charge in [-0.1, -0.05) is 12.1 Å². The van der Waals surface area contributed by atoms with Gasteiger partial charge in [-0.2, -0.15) is 10.2 Å². The lowest BCUT2D eigenvalue weighted by Crippen LogP contribution is -2.31. The summed E-state index contributed by atoms with van der Waals surface area (Å²) in [6.45, 7) is 2.10. The maximum Gasteiger partial charge on any atom is 0.173 e. The number of fused-ring (bicyclic) bond motifs is 1. The lowest BCUT2D eigenvalue weighted by Gasteiger charge is -2.20. The molecule has 4 nitrogen and oxygen atoms in total. The number of hydrogen-bond acceptors (Lipinski definition) is 3. The molecule has 0 aliphatic carbocycles. The van der Waals surface area contributed by atoms with Crippen molar-refractivity contribution in [3.8, 4) is 0 Å². The fraction of sp³-hybridized carbons (Fsp3) is 0.308. The molecule has 1 aromatic heterocycles. The Morgan fingerprint density at radius 3 is 2.78 bits per heavy atom. The van der Waals surface area contributed by atoms with Crippen molar-refractivity contribution in [2.75, 3.05) is 18.4 Å². The molecular formula is C13H14N4S. The summed E-state index contributed by atoms with van der Waals surface area (Å²) in [6.07, 6.45) is 5.98. The van der Waals surface area contributed by atoms with Gasteiger partial charge in [0, 0.05) is 29.5 Å². The molecule has 0 spiro atoms. The van der Waals surface area contributed by atoms with Crippen LogP contribution in [0.3, 0.4) is 0 Å². The number of thiocarbonyl (C=S) groups is 1. The van der Waals surface area contributed by atoms with Crippen LogP contribution in [0.1, 0.15) is 12.8 Å². The number of benzene rings is 1. The summed E-state index contributed by atoms with van der Waals surface area (Å²) < 4.78 is 0. The minimum Gasteiger partial charge on any atom is -0.349 e. The predicted molar refractivity (Wildman–Crippen MR) is 76.6 cm³/mol. The molecule has 0 atom stereocenters. The SMILES string of the molecule is S=C(Nc1cccc2cnncc12)N1CCCC1. The topological polar surface area (TPSA) is 41.1 Å². The molecule has 1 aliphatic rings. The average molecular weight is 258 g/mol. The van der Waals surface area contributed by atoms with Crippen LogP contribution in [0.2, 0.25) is 0 Å². The Bertz CT molecular complexity index is 573. The van der Waals surface area contributed by atoms with Crippen LogP contribution < -0.4 is 5.32 Å². The van der Waals surface area contributed by atoms with E-state index in [2.05, 4.69) is 20.4 Å². The van der Waals surface area contributed by atoms with E-state index in [1.54, 1.807) is 12.4 Å². The van der Waals surface area contributed by atoms with Gasteiger partial charge in [0.05, 0.1) is 12.4 Å². The van der Waals surface area contributed by atoms with Gasteiger partial charge in [0.15, 0.2) is 5.11 Å². The van der Waals surface area contributed by atoms with Crippen LogP contribution in [0.5, 0.6) is 0 Å². The molecule has 0 amide bonds. The Hall–Kier alpha value is -1.75. The monoisotopic (exact) mass is 258 g/mol. The number of nitrogens with zero attached hydrogens (tertiary/aromatic N) is 3. The maximum absolute atomic E-state index is 5.44. The quantitative estimate of drug-likeness (QED) is 0.796. The molecule has 0 radical (unpaired) electrons. The van der Waals surface area contributed by atoms with Gasteiger partial charge in [0.1, 0.15) is 0 Å². The molecule has 1 aromatic carbocycles. The van der Waals surface area contributed by atoms with Crippen molar-refractivity contribution in [2.45, 2.75) is 12.8 Å². The number of aromatic nitrogens is 2. The van der Waals surface area contributed by atoms with Crippen molar-refractivity contribution in [2.24, 2.45) is 0 Å². The zero-order chi connectivity index (χ0) is 12.4. The van der Waals surface area contributed by atoms with Gasteiger partial charge in [0.25, 0.3) is 0 Å². The highest BCUT2D eigenvalue weighted by Crippen LogP contribution is 2.22. The zero-order valence-electron chi connectivity index (χ0n) is 9.97. The van der Waals surface area contributed by atoms with E-state index in [0.717, 1.165) is 34.7 Å². The first-order valence-corrected chi connectivity index (χ1v) is 6.51. The average Bonchev–Trinajstić information content (AvgIpc) is 2.93. The van der Waals surface area contributed by atoms with E-state index in [1.807, 2.05) is 18.2 Å². The Balaban J connectivity index is 1.88. The van der Waals surface area contributed by atoms with Crippen LogP contribution in [-0.2, 0) is 0 Å². The smallest absolute Gasteiger partial charge is 0.173 e. The maximum atomic E-state index is 5.44. The van der Waals surface area contributed by atoms with Gasteiger partial charge >= 0.3 is 0 Å². The van der Waals surface area contributed by atoms with E-state index < -0.39 is 0 Å². The third kappa shape index (κ3) is 2.13. The first-order chi connectivity index (χ1) is 8.84. The predicted octanol–water partition coefficient (Wildman–Crippen LogP) is 2.42. The van der Waals surface area contributed by atoms with Crippen LogP contribution >= 0.6 is 12.2 Å². The van der Waals surface area contributed by atoms with Crippen LogP contribution in [0.15, 0.2) is 30.6 Å². The molecule has 1 aliphatic heterocycles. The molecule has 1 fully saturated rings. The summed E-state index contributed by atoms with van der Waals surface area (Å²) in [7, 11) is 0. The van der Waals surface area contributed by atoms with Gasteiger partial charge in [0.2, 0.25) is 0 Å². The number of nitrogens with one attached hydrogen (secondary N) is 1. The Morgan fingerprint density at radius 1 is 1.17 bits per heavy atom. The van der Waals surface area contributed by atoms with E-state index in [0.29, 0.717) is 0 Å². The second-order valence-electron chi connectivity index (χ2n) is 4.42. The van der Waals surface area contributed by atoms with Gasteiger partial charge in [-0.15, -0.1) is 0 Å². The van der Waals surface area contributed by atoms with Crippen LogP contribution in [0.4, 0.5) is 5.69 Å². The molecule has 2 aromatic rings. The van der Waals surface area contributed by atoms with Crippen LogP contribution in [0.25, 0.3) is 10.8 Å². The normalized spacial score (nSPS) is 15.0. The first kappa shape index (κ1) is 11.3. The lowest BCUT2D eigenvalue weighted by atomic mass is 10.2. The second-order valence-corrected chi connectivity index (χ2v) is 4.81.